The molecular weight excluding hydrogens is 136 g/mol. The van der Waals surface area contributed by atoms with Crippen LogP contribution in [0.1, 0.15) is 20.3 Å². The van der Waals surface area contributed by atoms with Crippen LogP contribution in [0.5, 0.6) is 0 Å². The van der Waals surface area contributed by atoms with Gasteiger partial charge in [0.25, 0.3) is 0 Å². The van der Waals surface area contributed by atoms with E-state index < -0.39 is 6.10 Å². The van der Waals surface area contributed by atoms with Crippen molar-refractivity contribution in [3.8, 4) is 0 Å². The Morgan fingerprint density at radius 2 is 2.00 bits per heavy atom. The monoisotopic (exact) mass is 152 g/mol. The maximum atomic E-state index is 9.14. The quantitative estimate of drug-likeness (QED) is 0.484. The summed E-state index contributed by atoms with van der Waals surface area (Å²) < 4.78 is 0. The maximum Gasteiger partial charge on any atom is 0.0905 e. The lowest BCUT2D eigenvalue weighted by molar-refractivity contribution is 0.271. The Bertz CT molecular complexity index is 154. The first-order valence-electron chi connectivity index (χ1n) is 3.95. The summed E-state index contributed by atoms with van der Waals surface area (Å²) in [6.45, 7) is 3.96. The van der Waals surface area contributed by atoms with Gasteiger partial charge in [0, 0.05) is 0 Å². The predicted octanol–water partition coefficient (Wildman–Crippen LogP) is 2.45. The molecule has 0 fully saturated rings. The molecule has 1 N–H and O–H groups in total. The third-order valence-electron chi connectivity index (χ3n) is 1.18. The van der Waals surface area contributed by atoms with Crippen LogP contribution in [0, 0.1) is 0 Å². The SMILES string of the molecule is C/C=C\C(O)C=C/C=C/CC. The van der Waals surface area contributed by atoms with Crippen molar-refractivity contribution >= 4 is 0 Å². The first-order chi connectivity index (χ1) is 5.31. The van der Waals surface area contributed by atoms with E-state index in [1.54, 1.807) is 12.2 Å². The number of hydrogen-bond acceptors (Lipinski definition) is 1. The van der Waals surface area contributed by atoms with Crippen LogP contribution in [0.2, 0.25) is 0 Å². The Balaban J connectivity index is 3.64. The molecule has 0 aliphatic heterocycles. The number of aliphatic hydroxyl groups is 1. The van der Waals surface area contributed by atoms with Crippen molar-refractivity contribution in [1.29, 1.82) is 0 Å². The molecule has 0 rings (SSSR count). The number of allylic oxidation sites excluding steroid dienone is 4. The van der Waals surface area contributed by atoms with Crippen LogP contribution in [0.4, 0.5) is 0 Å². The van der Waals surface area contributed by atoms with Gasteiger partial charge in [-0.1, -0.05) is 43.4 Å². The second kappa shape index (κ2) is 7.29. The van der Waals surface area contributed by atoms with Crippen molar-refractivity contribution in [2.75, 3.05) is 0 Å². The summed E-state index contributed by atoms with van der Waals surface area (Å²) in [5.41, 5.74) is 0. The Labute approximate surface area is 68.7 Å². The largest absolute Gasteiger partial charge is 0.385 e. The Kier molecular flexibility index (Phi) is 6.75. The molecule has 11 heavy (non-hydrogen) atoms. The van der Waals surface area contributed by atoms with Gasteiger partial charge in [0.05, 0.1) is 6.10 Å². The molecule has 0 radical (unpaired) electrons. The van der Waals surface area contributed by atoms with E-state index in [9.17, 15) is 0 Å². The summed E-state index contributed by atoms with van der Waals surface area (Å²) in [5.74, 6) is 0. The third kappa shape index (κ3) is 7.07. The lowest BCUT2D eigenvalue weighted by Gasteiger charge is -1.92. The molecule has 0 heterocycles. The second-order valence-corrected chi connectivity index (χ2v) is 2.24. The summed E-state index contributed by atoms with van der Waals surface area (Å²) in [6, 6.07) is 0. The Hall–Kier alpha value is -0.820. The molecule has 0 spiro atoms. The van der Waals surface area contributed by atoms with Gasteiger partial charge < -0.3 is 5.11 Å². The summed E-state index contributed by atoms with van der Waals surface area (Å²) >= 11 is 0. The van der Waals surface area contributed by atoms with Crippen LogP contribution in [-0.2, 0) is 0 Å². The molecule has 0 saturated carbocycles. The molecule has 0 saturated heterocycles. The first kappa shape index (κ1) is 10.2. The number of rotatable bonds is 4. The summed E-state index contributed by atoms with van der Waals surface area (Å²) in [6.07, 6.45) is 11.7. The zero-order valence-electron chi connectivity index (χ0n) is 7.20. The molecule has 0 bridgehead atoms. The minimum Gasteiger partial charge on any atom is -0.385 e. The molecule has 0 amide bonds. The van der Waals surface area contributed by atoms with E-state index in [0.29, 0.717) is 0 Å². The van der Waals surface area contributed by atoms with Gasteiger partial charge >= 0.3 is 0 Å². The van der Waals surface area contributed by atoms with Crippen molar-refractivity contribution in [2.45, 2.75) is 26.4 Å². The fourth-order valence-corrected chi connectivity index (χ4v) is 0.654. The maximum absolute atomic E-state index is 9.14. The van der Waals surface area contributed by atoms with Crippen LogP contribution < -0.4 is 0 Å². The lowest BCUT2D eigenvalue weighted by atomic mass is 10.3. The normalized spacial score (nSPS) is 15.5. The van der Waals surface area contributed by atoms with Gasteiger partial charge in [-0.25, -0.2) is 0 Å². The summed E-state index contributed by atoms with van der Waals surface area (Å²) in [7, 11) is 0. The zero-order valence-corrected chi connectivity index (χ0v) is 7.20. The predicted molar refractivity (Wildman–Crippen MR) is 49.4 cm³/mol. The van der Waals surface area contributed by atoms with Crippen molar-refractivity contribution in [3.05, 3.63) is 36.5 Å². The second-order valence-electron chi connectivity index (χ2n) is 2.24. The highest BCUT2D eigenvalue weighted by atomic mass is 16.3. The smallest absolute Gasteiger partial charge is 0.0905 e. The van der Waals surface area contributed by atoms with E-state index >= 15 is 0 Å². The Morgan fingerprint density at radius 3 is 2.55 bits per heavy atom. The van der Waals surface area contributed by atoms with Gasteiger partial charge in [0.2, 0.25) is 0 Å². The molecule has 1 unspecified atom stereocenters. The van der Waals surface area contributed by atoms with Crippen LogP contribution >= 0.6 is 0 Å². The lowest BCUT2D eigenvalue weighted by Crippen LogP contribution is -1.94. The molecule has 0 aromatic carbocycles. The summed E-state index contributed by atoms with van der Waals surface area (Å²) in [5, 5.41) is 9.14. The van der Waals surface area contributed by atoms with E-state index in [1.165, 1.54) is 0 Å². The highest BCUT2D eigenvalue weighted by Gasteiger charge is 1.85. The van der Waals surface area contributed by atoms with Crippen molar-refractivity contribution < 1.29 is 5.11 Å². The summed E-state index contributed by atoms with van der Waals surface area (Å²) in [4.78, 5) is 0. The third-order valence-corrected chi connectivity index (χ3v) is 1.18. The van der Waals surface area contributed by atoms with Crippen LogP contribution in [0.3, 0.4) is 0 Å². The standard InChI is InChI=1S/C10H16O/c1-3-5-6-7-9-10(11)8-4-2/h4-11H,3H2,1-2H3/b6-5+,8-4-,9-7?. The van der Waals surface area contributed by atoms with Crippen molar-refractivity contribution in [1.82, 2.24) is 0 Å². The van der Waals surface area contributed by atoms with E-state index in [4.69, 9.17) is 5.11 Å². The Morgan fingerprint density at radius 1 is 1.27 bits per heavy atom. The molecule has 1 nitrogen and oxygen atoms in total. The zero-order chi connectivity index (χ0) is 8.53. The number of hydrogen-bond donors (Lipinski definition) is 1. The van der Waals surface area contributed by atoms with Crippen LogP contribution in [0.25, 0.3) is 0 Å². The topological polar surface area (TPSA) is 20.2 Å². The minimum absolute atomic E-state index is 0.443. The molecular formula is C10H16O. The molecule has 0 aliphatic carbocycles. The molecule has 1 atom stereocenters. The van der Waals surface area contributed by atoms with Gasteiger partial charge in [-0.2, -0.15) is 0 Å². The highest BCUT2D eigenvalue weighted by molar-refractivity contribution is 5.08. The van der Waals surface area contributed by atoms with E-state index in [1.807, 2.05) is 31.2 Å². The van der Waals surface area contributed by atoms with E-state index in [2.05, 4.69) is 6.92 Å². The van der Waals surface area contributed by atoms with Gasteiger partial charge in [-0.05, 0) is 13.3 Å². The average molecular weight is 152 g/mol. The fourth-order valence-electron chi connectivity index (χ4n) is 0.654. The minimum atomic E-state index is -0.443. The first-order valence-corrected chi connectivity index (χ1v) is 3.95. The number of aliphatic hydroxyl groups excluding tert-OH is 1. The van der Waals surface area contributed by atoms with Crippen LogP contribution in [0.15, 0.2) is 36.5 Å². The fraction of sp³-hybridized carbons (Fsp3) is 0.400. The van der Waals surface area contributed by atoms with Crippen molar-refractivity contribution in [2.24, 2.45) is 0 Å². The van der Waals surface area contributed by atoms with Crippen LogP contribution in [-0.4, -0.2) is 11.2 Å². The van der Waals surface area contributed by atoms with E-state index in [0.717, 1.165) is 6.42 Å². The highest BCUT2D eigenvalue weighted by Crippen LogP contribution is 1.89. The average Bonchev–Trinajstić information content (AvgIpc) is 1.99. The van der Waals surface area contributed by atoms with Gasteiger partial charge in [-0.3, -0.25) is 0 Å². The van der Waals surface area contributed by atoms with Crippen molar-refractivity contribution in [3.63, 3.8) is 0 Å². The molecule has 62 valence electrons. The molecule has 0 aromatic rings. The molecule has 0 aliphatic rings. The molecule has 1 heteroatoms. The van der Waals surface area contributed by atoms with Gasteiger partial charge in [0.1, 0.15) is 0 Å². The van der Waals surface area contributed by atoms with Gasteiger partial charge in [-0.15, -0.1) is 0 Å². The molecule has 0 aromatic heterocycles. The van der Waals surface area contributed by atoms with Gasteiger partial charge in [0.15, 0.2) is 0 Å². The van der Waals surface area contributed by atoms with E-state index in [-0.39, 0.29) is 0 Å².